The van der Waals surface area contributed by atoms with Crippen LogP contribution in [0.5, 0.6) is 5.75 Å². The fourth-order valence-corrected chi connectivity index (χ4v) is 0.958. The lowest BCUT2D eigenvalue weighted by Crippen LogP contribution is -2.10. The maximum atomic E-state index is 8.94. The Hall–Kier alpha value is -0.995. The van der Waals surface area contributed by atoms with Crippen LogP contribution in [0.4, 0.5) is 0 Å². The Kier molecular flexibility index (Phi) is 3.14. The minimum Gasteiger partial charge on any atom is -0.508 e. The topological polar surface area (TPSA) is 60.7 Å². The molecule has 0 aliphatic rings. The maximum Gasteiger partial charge on any atom is 0.451 e. The summed E-state index contributed by atoms with van der Waals surface area (Å²) in [6.45, 7) is 0. The Labute approximate surface area is 71.4 Å². The van der Waals surface area contributed by atoms with Crippen molar-refractivity contribution >= 4 is 7.12 Å². The summed E-state index contributed by atoms with van der Waals surface area (Å²) < 4.78 is 0. The van der Waals surface area contributed by atoms with E-state index in [4.69, 9.17) is 15.2 Å². The first-order chi connectivity index (χ1) is 5.68. The number of rotatable bonds is 3. The van der Waals surface area contributed by atoms with Gasteiger partial charge in [-0.1, -0.05) is 12.1 Å². The van der Waals surface area contributed by atoms with Gasteiger partial charge in [-0.3, -0.25) is 0 Å². The summed E-state index contributed by atoms with van der Waals surface area (Å²) in [7, 11) is -1.25. The molecule has 1 aromatic rings. The molecule has 1 rings (SSSR count). The quantitative estimate of drug-likeness (QED) is 0.569. The van der Waals surface area contributed by atoms with Crippen LogP contribution in [0.25, 0.3) is 0 Å². The van der Waals surface area contributed by atoms with Gasteiger partial charge in [-0.15, -0.1) is 0 Å². The number of hydrogen-bond acceptors (Lipinski definition) is 3. The molecule has 0 saturated heterocycles. The number of phenols is 1. The van der Waals surface area contributed by atoms with E-state index in [2.05, 4.69) is 0 Å². The zero-order valence-electron chi connectivity index (χ0n) is 6.64. The second-order valence-electron chi connectivity index (χ2n) is 2.69. The summed E-state index contributed by atoms with van der Waals surface area (Å²) in [5.74, 6) is 0.225. The highest BCUT2D eigenvalue weighted by atomic mass is 16.4. The summed E-state index contributed by atoms with van der Waals surface area (Å²) >= 11 is 0. The van der Waals surface area contributed by atoms with E-state index in [0.29, 0.717) is 12.7 Å². The molecule has 64 valence electrons. The average molecular weight is 166 g/mol. The standard InChI is InChI=1S/C8H11BO3/c10-8-3-1-7(2-4-8)5-6-9(11)12/h1-4,10-12H,5-6H2. The van der Waals surface area contributed by atoms with Crippen LogP contribution in [-0.2, 0) is 6.42 Å². The van der Waals surface area contributed by atoms with E-state index in [-0.39, 0.29) is 5.75 Å². The molecule has 0 amide bonds. The molecule has 0 aliphatic heterocycles. The van der Waals surface area contributed by atoms with Gasteiger partial charge in [0.05, 0.1) is 0 Å². The van der Waals surface area contributed by atoms with Crippen LogP contribution in [0.3, 0.4) is 0 Å². The van der Waals surface area contributed by atoms with Crippen LogP contribution < -0.4 is 0 Å². The Morgan fingerprint density at radius 3 is 2.17 bits per heavy atom. The van der Waals surface area contributed by atoms with Crippen molar-refractivity contribution in [3.05, 3.63) is 29.8 Å². The molecule has 4 heteroatoms. The summed E-state index contributed by atoms with van der Waals surface area (Å²) in [6, 6.07) is 6.69. The van der Waals surface area contributed by atoms with Gasteiger partial charge in [0.1, 0.15) is 5.75 Å². The zero-order chi connectivity index (χ0) is 8.97. The monoisotopic (exact) mass is 166 g/mol. The molecule has 12 heavy (non-hydrogen) atoms. The van der Waals surface area contributed by atoms with Crippen molar-refractivity contribution in [2.24, 2.45) is 0 Å². The SMILES string of the molecule is OB(O)CCc1ccc(O)cc1. The van der Waals surface area contributed by atoms with E-state index in [1.165, 1.54) is 0 Å². The van der Waals surface area contributed by atoms with Crippen molar-refractivity contribution in [1.29, 1.82) is 0 Å². The van der Waals surface area contributed by atoms with E-state index in [9.17, 15) is 0 Å². The molecule has 0 fully saturated rings. The largest absolute Gasteiger partial charge is 0.508 e. The number of aryl methyl sites for hydroxylation is 1. The molecule has 0 atom stereocenters. The lowest BCUT2D eigenvalue weighted by molar-refractivity contribution is 0.405. The van der Waals surface area contributed by atoms with E-state index in [1.807, 2.05) is 0 Å². The maximum absolute atomic E-state index is 8.94. The molecule has 3 nitrogen and oxygen atoms in total. The van der Waals surface area contributed by atoms with Crippen molar-refractivity contribution in [2.75, 3.05) is 0 Å². The third kappa shape index (κ3) is 2.94. The van der Waals surface area contributed by atoms with Crippen molar-refractivity contribution in [3.63, 3.8) is 0 Å². The zero-order valence-corrected chi connectivity index (χ0v) is 6.64. The van der Waals surface area contributed by atoms with Crippen molar-refractivity contribution in [2.45, 2.75) is 12.7 Å². The number of phenolic OH excluding ortho intramolecular Hbond substituents is 1. The summed E-state index contributed by atoms with van der Waals surface area (Å²) in [5, 5.41) is 26.1. The molecule has 3 N–H and O–H groups in total. The van der Waals surface area contributed by atoms with Crippen LogP contribution in [0.15, 0.2) is 24.3 Å². The highest BCUT2D eigenvalue weighted by Crippen LogP contribution is 2.11. The third-order valence-corrected chi connectivity index (χ3v) is 1.63. The number of hydrogen-bond donors (Lipinski definition) is 3. The fraction of sp³-hybridized carbons (Fsp3) is 0.250. The summed E-state index contributed by atoms with van der Waals surface area (Å²) in [5.41, 5.74) is 0.987. The predicted molar refractivity (Wildman–Crippen MR) is 46.8 cm³/mol. The lowest BCUT2D eigenvalue weighted by Gasteiger charge is -1.99. The fourth-order valence-electron chi connectivity index (χ4n) is 0.958. The average Bonchev–Trinajstić information content (AvgIpc) is 2.03. The Morgan fingerprint density at radius 2 is 1.67 bits per heavy atom. The van der Waals surface area contributed by atoms with Crippen molar-refractivity contribution < 1.29 is 15.2 Å². The Bertz CT molecular complexity index is 233. The Balaban J connectivity index is 2.48. The van der Waals surface area contributed by atoms with E-state index >= 15 is 0 Å². The second kappa shape index (κ2) is 4.14. The second-order valence-corrected chi connectivity index (χ2v) is 2.69. The van der Waals surface area contributed by atoms with E-state index in [0.717, 1.165) is 5.56 Å². The van der Waals surface area contributed by atoms with Gasteiger partial charge in [-0.05, 0) is 30.4 Å². The molecule has 0 unspecified atom stereocenters. The van der Waals surface area contributed by atoms with Gasteiger partial charge in [0.15, 0.2) is 0 Å². The third-order valence-electron chi connectivity index (χ3n) is 1.63. The van der Waals surface area contributed by atoms with Crippen LogP contribution in [0.2, 0.25) is 6.32 Å². The highest BCUT2D eigenvalue weighted by molar-refractivity contribution is 6.40. The smallest absolute Gasteiger partial charge is 0.451 e. The van der Waals surface area contributed by atoms with Gasteiger partial charge in [-0.25, -0.2) is 0 Å². The molecule has 0 heterocycles. The highest BCUT2D eigenvalue weighted by Gasteiger charge is 2.05. The molecule has 0 aliphatic carbocycles. The van der Waals surface area contributed by atoms with E-state index in [1.54, 1.807) is 24.3 Å². The molecule has 0 radical (unpaired) electrons. The first-order valence-electron chi connectivity index (χ1n) is 3.82. The van der Waals surface area contributed by atoms with Crippen LogP contribution in [0, 0.1) is 0 Å². The van der Waals surface area contributed by atoms with E-state index < -0.39 is 7.12 Å². The summed E-state index contributed by atoms with van der Waals surface area (Å²) in [4.78, 5) is 0. The van der Waals surface area contributed by atoms with Crippen molar-refractivity contribution in [3.8, 4) is 5.75 Å². The minimum absolute atomic E-state index is 0.225. The molecule has 0 spiro atoms. The van der Waals surface area contributed by atoms with Gasteiger partial charge in [-0.2, -0.15) is 0 Å². The van der Waals surface area contributed by atoms with Gasteiger partial charge in [0.2, 0.25) is 0 Å². The van der Waals surface area contributed by atoms with Crippen molar-refractivity contribution in [1.82, 2.24) is 0 Å². The molecular weight excluding hydrogens is 155 g/mol. The van der Waals surface area contributed by atoms with Crippen LogP contribution in [-0.4, -0.2) is 22.3 Å². The predicted octanol–water partition coefficient (Wildman–Crippen LogP) is 0.407. The van der Waals surface area contributed by atoms with Crippen LogP contribution >= 0.6 is 0 Å². The molecule has 1 aromatic carbocycles. The first-order valence-corrected chi connectivity index (χ1v) is 3.82. The van der Waals surface area contributed by atoms with Gasteiger partial charge < -0.3 is 15.2 Å². The number of aromatic hydroxyl groups is 1. The first kappa shape index (κ1) is 9.10. The van der Waals surface area contributed by atoms with Gasteiger partial charge in [0, 0.05) is 0 Å². The molecular formula is C8H11BO3. The van der Waals surface area contributed by atoms with Gasteiger partial charge in [0.25, 0.3) is 0 Å². The summed E-state index contributed by atoms with van der Waals surface area (Å²) in [6.07, 6.45) is 0.933. The van der Waals surface area contributed by atoms with Crippen LogP contribution in [0.1, 0.15) is 5.56 Å². The molecule has 0 saturated carbocycles. The lowest BCUT2D eigenvalue weighted by atomic mass is 9.83. The molecule has 0 aromatic heterocycles. The Morgan fingerprint density at radius 1 is 1.08 bits per heavy atom. The number of benzene rings is 1. The van der Waals surface area contributed by atoms with Gasteiger partial charge >= 0.3 is 7.12 Å². The minimum atomic E-state index is -1.25. The normalized spacial score (nSPS) is 9.83. The molecule has 0 bridgehead atoms.